The van der Waals surface area contributed by atoms with Gasteiger partial charge in [0.2, 0.25) is 0 Å². The van der Waals surface area contributed by atoms with E-state index in [4.69, 9.17) is 14.2 Å². The second kappa shape index (κ2) is 10.2. The molecular formula is C25H37N3O3+2. The van der Waals surface area contributed by atoms with E-state index in [9.17, 15) is 0 Å². The Hall–Kier alpha value is -2.44. The molecule has 0 spiro atoms. The van der Waals surface area contributed by atoms with Gasteiger partial charge in [0.15, 0.2) is 0 Å². The van der Waals surface area contributed by atoms with E-state index in [1.807, 2.05) is 18.2 Å². The second-order valence-corrected chi connectivity index (χ2v) is 8.70. The summed E-state index contributed by atoms with van der Waals surface area (Å²) in [6.07, 6.45) is 2.61. The first-order chi connectivity index (χ1) is 15.2. The van der Waals surface area contributed by atoms with Crippen LogP contribution in [0.2, 0.25) is 0 Å². The summed E-state index contributed by atoms with van der Waals surface area (Å²) in [5, 5.41) is 0. The van der Waals surface area contributed by atoms with Crippen LogP contribution in [0.1, 0.15) is 18.4 Å². The smallest absolute Gasteiger partial charge is 0.142 e. The van der Waals surface area contributed by atoms with Crippen LogP contribution in [0.25, 0.3) is 0 Å². The number of hydrogen-bond donors (Lipinski definition) is 2. The van der Waals surface area contributed by atoms with Crippen molar-refractivity contribution in [1.29, 1.82) is 0 Å². The van der Waals surface area contributed by atoms with Gasteiger partial charge in [0.05, 0.1) is 72.3 Å². The van der Waals surface area contributed by atoms with Crippen molar-refractivity contribution in [2.75, 3.05) is 65.5 Å². The molecule has 168 valence electrons. The predicted octanol–water partition coefficient (Wildman–Crippen LogP) is 0.665. The Balaban J connectivity index is 1.27. The van der Waals surface area contributed by atoms with E-state index in [0.717, 1.165) is 42.9 Å². The first-order valence-corrected chi connectivity index (χ1v) is 11.5. The van der Waals surface area contributed by atoms with E-state index in [1.54, 1.807) is 31.1 Å². The maximum Gasteiger partial charge on any atom is 0.142 e. The molecule has 2 N–H and O–H groups in total. The molecule has 0 saturated carbocycles. The number of anilines is 1. The van der Waals surface area contributed by atoms with Crippen LogP contribution in [0.15, 0.2) is 42.5 Å². The normalized spacial score (nSPS) is 22.2. The Morgan fingerprint density at radius 1 is 0.839 bits per heavy atom. The molecule has 0 bridgehead atoms. The Kier molecular flexibility index (Phi) is 7.20. The number of hydrogen-bond acceptors (Lipinski definition) is 4. The van der Waals surface area contributed by atoms with E-state index in [0.29, 0.717) is 0 Å². The molecule has 0 unspecified atom stereocenters. The molecule has 6 heteroatoms. The van der Waals surface area contributed by atoms with Crippen LogP contribution < -0.4 is 28.9 Å². The minimum Gasteiger partial charge on any atom is -0.497 e. The van der Waals surface area contributed by atoms with Gasteiger partial charge in [0.25, 0.3) is 0 Å². The highest BCUT2D eigenvalue weighted by Crippen LogP contribution is 2.27. The topological polar surface area (TPSA) is 39.8 Å². The molecule has 0 aromatic heterocycles. The number of rotatable bonds is 7. The number of piperidine rings is 1. The van der Waals surface area contributed by atoms with Crippen molar-refractivity contribution in [2.45, 2.75) is 25.4 Å². The number of piperazine rings is 1. The number of benzene rings is 2. The standard InChI is InChI=1S/C25H35N3O3/c1-29-22-9-8-20(25(18-22)31-3)19-26-12-10-21(11-13-26)27-14-16-28(17-15-27)23-6-4-5-7-24(23)30-2/h4-9,18,21H,10-17,19H2,1-3H3/p+2. The number of likely N-dealkylation sites (tertiary alicyclic amines) is 1. The third-order valence-corrected chi connectivity index (χ3v) is 7.04. The van der Waals surface area contributed by atoms with Crippen LogP contribution >= 0.6 is 0 Å². The first-order valence-electron chi connectivity index (χ1n) is 11.5. The van der Waals surface area contributed by atoms with Gasteiger partial charge in [-0.1, -0.05) is 12.1 Å². The van der Waals surface area contributed by atoms with E-state index in [2.05, 4.69) is 29.2 Å². The average molecular weight is 428 g/mol. The van der Waals surface area contributed by atoms with Crippen molar-refractivity contribution in [1.82, 2.24) is 0 Å². The van der Waals surface area contributed by atoms with Crippen LogP contribution in [-0.2, 0) is 6.54 Å². The highest BCUT2D eigenvalue weighted by molar-refractivity contribution is 5.58. The Morgan fingerprint density at radius 3 is 2.23 bits per heavy atom. The van der Waals surface area contributed by atoms with Gasteiger partial charge in [-0.3, -0.25) is 0 Å². The summed E-state index contributed by atoms with van der Waals surface area (Å²) in [6.45, 7) is 8.13. The SMILES string of the molecule is COc1ccc(C[NH+]2CCC([NH+]3CCN(c4ccccc4OC)CC3)CC2)c(OC)c1. The average Bonchev–Trinajstić information content (AvgIpc) is 2.85. The number of quaternary nitrogens is 2. The highest BCUT2D eigenvalue weighted by Gasteiger charge is 2.33. The summed E-state index contributed by atoms with van der Waals surface area (Å²) in [4.78, 5) is 5.93. The van der Waals surface area contributed by atoms with Crippen LogP contribution in [0, 0.1) is 0 Å². The monoisotopic (exact) mass is 427 g/mol. The number of methoxy groups -OCH3 is 3. The van der Waals surface area contributed by atoms with Gasteiger partial charge < -0.3 is 28.9 Å². The van der Waals surface area contributed by atoms with E-state index in [1.165, 1.54) is 50.3 Å². The fourth-order valence-electron chi connectivity index (χ4n) is 5.21. The quantitative estimate of drug-likeness (QED) is 0.681. The molecule has 2 heterocycles. The van der Waals surface area contributed by atoms with Gasteiger partial charge in [-0.05, 0) is 24.3 Å². The Morgan fingerprint density at radius 2 is 1.55 bits per heavy atom. The lowest BCUT2D eigenvalue weighted by atomic mass is 10.0. The third-order valence-electron chi connectivity index (χ3n) is 7.04. The van der Waals surface area contributed by atoms with Crippen LogP contribution in [-0.4, -0.2) is 66.6 Å². The molecule has 2 aromatic carbocycles. The number of ether oxygens (including phenoxy) is 3. The van der Waals surface area contributed by atoms with E-state index in [-0.39, 0.29) is 0 Å². The van der Waals surface area contributed by atoms with Crippen LogP contribution in [0.4, 0.5) is 5.69 Å². The van der Waals surface area contributed by atoms with Gasteiger partial charge in [0, 0.05) is 24.5 Å². The number of para-hydroxylation sites is 2. The Labute approximate surface area is 186 Å². The number of nitrogens with one attached hydrogen (secondary N) is 2. The molecule has 2 fully saturated rings. The summed E-state index contributed by atoms with van der Waals surface area (Å²) in [7, 11) is 5.20. The van der Waals surface area contributed by atoms with Crippen molar-refractivity contribution in [3.8, 4) is 17.2 Å². The van der Waals surface area contributed by atoms with Gasteiger partial charge in [-0.15, -0.1) is 0 Å². The van der Waals surface area contributed by atoms with Gasteiger partial charge in [-0.25, -0.2) is 0 Å². The fraction of sp³-hybridized carbons (Fsp3) is 0.520. The molecular weight excluding hydrogens is 390 g/mol. The lowest BCUT2D eigenvalue weighted by Crippen LogP contribution is -3.21. The molecule has 31 heavy (non-hydrogen) atoms. The van der Waals surface area contributed by atoms with Crippen molar-refractivity contribution in [3.63, 3.8) is 0 Å². The van der Waals surface area contributed by atoms with Gasteiger partial charge in [0.1, 0.15) is 23.8 Å². The summed E-state index contributed by atoms with van der Waals surface area (Å²) in [5.41, 5.74) is 2.51. The van der Waals surface area contributed by atoms with E-state index >= 15 is 0 Å². The summed E-state index contributed by atoms with van der Waals surface area (Å²) in [6, 6.07) is 15.4. The maximum atomic E-state index is 5.60. The van der Waals surface area contributed by atoms with Gasteiger partial charge >= 0.3 is 0 Å². The minimum absolute atomic E-state index is 0.793. The van der Waals surface area contributed by atoms with Crippen molar-refractivity contribution < 1.29 is 24.0 Å². The lowest BCUT2D eigenvalue weighted by molar-refractivity contribution is -0.963. The molecule has 2 aromatic rings. The van der Waals surface area contributed by atoms with Crippen molar-refractivity contribution in [3.05, 3.63) is 48.0 Å². The zero-order valence-electron chi connectivity index (χ0n) is 19.2. The minimum atomic E-state index is 0.793. The third kappa shape index (κ3) is 5.08. The van der Waals surface area contributed by atoms with E-state index < -0.39 is 0 Å². The Bertz CT molecular complexity index is 844. The molecule has 6 nitrogen and oxygen atoms in total. The van der Waals surface area contributed by atoms with Crippen LogP contribution in [0.3, 0.4) is 0 Å². The first kappa shape index (κ1) is 21.8. The predicted molar refractivity (Wildman–Crippen MR) is 123 cm³/mol. The molecule has 2 aliphatic heterocycles. The zero-order valence-corrected chi connectivity index (χ0v) is 19.2. The molecule has 0 aliphatic carbocycles. The largest absolute Gasteiger partial charge is 0.497 e. The molecule has 2 saturated heterocycles. The molecule has 0 atom stereocenters. The van der Waals surface area contributed by atoms with Crippen LogP contribution in [0.5, 0.6) is 17.2 Å². The zero-order chi connectivity index (χ0) is 21.6. The molecule has 4 rings (SSSR count). The molecule has 2 aliphatic rings. The summed E-state index contributed by atoms with van der Waals surface area (Å²) in [5.74, 6) is 2.77. The highest BCUT2D eigenvalue weighted by atomic mass is 16.5. The summed E-state index contributed by atoms with van der Waals surface area (Å²) >= 11 is 0. The number of nitrogens with zero attached hydrogens (tertiary/aromatic N) is 1. The van der Waals surface area contributed by atoms with Crippen molar-refractivity contribution in [2.24, 2.45) is 0 Å². The molecule has 0 amide bonds. The second-order valence-electron chi connectivity index (χ2n) is 8.70. The lowest BCUT2D eigenvalue weighted by Gasteiger charge is -2.40. The fourth-order valence-corrected chi connectivity index (χ4v) is 5.21. The summed E-state index contributed by atoms with van der Waals surface area (Å²) < 4.78 is 16.5. The molecule has 0 radical (unpaired) electrons. The maximum absolute atomic E-state index is 5.60. The van der Waals surface area contributed by atoms with Crippen molar-refractivity contribution >= 4 is 5.69 Å². The van der Waals surface area contributed by atoms with Gasteiger partial charge in [-0.2, -0.15) is 0 Å².